The number of anilines is 3. The maximum atomic E-state index is 6.44. The molecule has 2 aliphatic carbocycles. The van der Waals surface area contributed by atoms with Crippen LogP contribution in [0.3, 0.4) is 0 Å². The van der Waals surface area contributed by atoms with Crippen molar-refractivity contribution in [3.05, 3.63) is 259 Å². The van der Waals surface area contributed by atoms with Crippen LogP contribution in [0.4, 0.5) is 17.1 Å². The molecule has 0 radical (unpaired) electrons. The lowest BCUT2D eigenvalue weighted by molar-refractivity contribution is 0.669. The molecule has 0 fully saturated rings. The highest BCUT2D eigenvalue weighted by Gasteiger charge is 2.51. The van der Waals surface area contributed by atoms with Gasteiger partial charge in [0.05, 0.1) is 11.1 Å². The summed E-state index contributed by atoms with van der Waals surface area (Å²) in [5.41, 5.74) is 21.9. The topological polar surface area (TPSA) is 16.4 Å². The van der Waals surface area contributed by atoms with Crippen LogP contribution in [-0.2, 0) is 5.41 Å². The minimum absolute atomic E-state index is 0.486. The van der Waals surface area contributed by atoms with E-state index >= 15 is 0 Å². The molecule has 294 valence electrons. The SMILES string of the molecule is c1ccc(-c2ccccc2-c2c(-c3ccccc3)cccc2N(c2ccc3c(c2)C2(c4ccccc4-c4ccccc42)c2ccccc2-3)c2ccc3oc4ccccc4c3c2)cc1. The third-order valence-electron chi connectivity index (χ3n) is 13.5. The van der Waals surface area contributed by atoms with Gasteiger partial charge >= 0.3 is 0 Å². The molecule has 63 heavy (non-hydrogen) atoms. The van der Waals surface area contributed by atoms with Crippen molar-refractivity contribution in [3.8, 4) is 55.6 Å². The minimum atomic E-state index is -0.486. The summed E-state index contributed by atoms with van der Waals surface area (Å²) in [4.78, 5) is 2.49. The molecule has 13 rings (SSSR count). The Hall–Kier alpha value is -8.20. The zero-order valence-corrected chi connectivity index (χ0v) is 34.4. The maximum absolute atomic E-state index is 6.44. The molecule has 0 saturated heterocycles. The van der Waals surface area contributed by atoms with Gasteiger partial charge in [0.1, 0.15) is 11.2 Å². The van der Waals surface area contributed by atoms with Crippen LogP contribution in [0.5, 0.6) is 0 Å². The van der Waals surface area contributed by atoms with Gasteiger partial charge in [0, 0.05) is 27.7 Å². The fraction of sp³-hybridized carbons (Fsp3) is 0.0164. The van der Waals surface area contributed by atoms with Crippen LogP contribution in [0.2, 0.25) is 0 Å². The second-order valence-electron chi connectivity index (χ2n) is 16.7. The van der Waals surface area contributed by atoms with Crippen LogP contribution in [0.15, 0.2) is 241 Å². The van der Waals surface area contributed by atoms with Gasteiger partial charge in [0.2, 0.25) is 0 Å². The number of furan rings is 1. The predicted octanol–water partition coefficient (Wildman–Crippen LogP) is 16.4. The van der Waals surface area contributed by atoms with Crippen LogP contribution in [-0.4, -0.2) is 0 Å². The van der Waals surface area contributed by atoms with Crippen molar-refractivity contribution in [1.82, 2.24) is 0 Å². The van der Waals surface area contributed by atoms with Crippen molar-refractivity contribution in [2.45, 2.75) is 5.41 Å². The normalized spacial score (nSPS) is 12.9. The van der Waals surface area contributed by atoms with Crippen molar-refractivity contribution in [2.75, 3.05) is 4.90 Å². The highest BCUT2D eigenvalue weighted by Crippen LogP contribution is 2.63. The second kappa shape index (κ2) is 13.9. The van der Waals surface area contributed by atoms with Gasteiger partial charge in [-0.1, -0.05) is 194 Å². The largest absolute Gasteiger partial charge is 0.456 e. The van der Waals surface area contributed by atoms with Gasteiger partial charge in [-0.2, -0.15) is 0 Å². The molecule has 10 aromatic carbocycles. The summed E-state index contributed by atoms with van der Waals surface area (Å²) in [7, 11) is 0. The van der Waals surface area contributed by atoms with E-state index in [1.807, 2.05) is 6.07 Å². The predicted molar refractivity (Wildman–Crippen MR) is 261 cm³/mol. The average molecular weight is 802 g/mol. The number of benzene rings is 10. The fourth-order valence-corrected chi connectivity index (χ4v) is 10.9. The molecule has 1 aromatic heterocycles. The molecule has 2 heteroatoms. The molecule has 0 aliphatic heterocycles. The Bertz CT molecular complexity index is 3520. The van der Waals surface area contributed by atoms with E-state index in [1.165, 1.54) is 66.8 Å². The Kier molecular flexibility index (Phi) is 7.85. The van der Waals surface area contributed by atoms with Crippen LogP contribution < -0.4 is 4.90 Å². The maximum Gasteiger partial charge on any atom is 0.135 e. The summed E-state index contributed by atoms with van der Waals surface area (Å²) in [5.74, 6) is 0. The lowest BCUT2D eigenvalue weighted by atomic mass is 9.70. The van der Waals surface area contributed by atoms with Crippen LogP contribution >= 0.6 is 0 Å². The van der Waals surface area contributed by atoms with E-state index in [1.54, 1.807) is 0 Å². The zero-order chi connectivity index (χ0) is 41.5. The number of fused-ring (bicyclic) bond motifs is 13. The Labute approximate surface area is 366 Å². The van der Waals surface area contributed by atoms with E-state index < -0.39 is 5.41 Å². The Morgan fingerprint density at radius 2 is 0.778 bits per heavy atom. The number of hydrogen-bond donors (Lipinski definition) is 0. The molecule has 0 atom stereocenters. The van der Waals surface area contributed by atoms with Gasteiger partial charge in [0.25, 0.3) is 0 Å². The molecule has 2 nitrogen and oxygen atoms in total. The molecule has 0 saturated carbocycles. The molecule has 0 N–H and O–H groups in total. The monoisotopic (exact) mass is 801 g/mol. The second-order valence-corrected chi connectivity index (χ2v) is 16.7. The summed E-state index contributed by atoms with van der Waals surface area (Å²) < 4.78 is 6.44. The standard InChI is InChI=1S/C61H39NO/c1-3-18-40(19-4-1)44-22-7-8-27-51(44)60-45(41-20-5-2-6-21-41)28-17-32-57(60)62(42-35-37-59-52(38-42)50-26-12-16-33-58(50)63-59)43-34-36-49-48-25-11-15-31-55(48)61(56(49)39-43)53-29-13-9-23-46(53)47-24-10-14-30-54(47)61/h1-39H. The van der Waals surface area contributed by atoms with Gasteiger partial charge in [-0.3, -0.25) is 0 Å². The van der Waals surface area contributed by atoms with Crippen LogP contribution in [0, 0.1) is 0 Å². The summed E-state index contributed by atoms with van der Waals surface area (Å²) in [6.45, 7) is 0. The highest BCUT2D eigenvalue weighted by atomic mass is 16.3. The van der Waals surface area contributed by atoms with E-state index in [0.717, 1.165) is 50.1 Å². The summed E-state index contributed by atoms with van der Waals surface area (Å²) in [6.07, 6.45) is 0. The fourth-order valence-electron chi connectivity index (χ4n) is 10.9. The molecular formula is C61H39NO. The number of hydrogen-bond acceptors (Lipinski definition) is 2. The van der Waals surface area contributed by atoms with Crippen molar-refractivity contribution in [2.24, 2.45) is 0 Å². The minimum Gasteiger partial charge on any atom is -0.456 e. The lowest BCUT2D eigenvalue weighted by Crippen LogP contribution is -2.26. The lowest BCUT2D eigenvalue weighted by Gasteiger charge is -2.33. The molecule has 0 amide bonds. The van der Waals surface area contributed by atoms with Gasteiger partial charge in [0.15, 0.2) is 0 Å². The van der Waals surface area contributed by atoms with Gasteiger partial charge in [-0.05, 0) is 115 Å². The Morgan fingerprint density at radius 3 is 1.44 bits per heavy atom. The van der Waals surface area contributed by atoms with Crippen LogP contribution in [0.1, 0.15) is 22.3 Å². The van der Waals surface area contributed by atoms with E-state index in [0.29, 0.717) is 0 Å². The first kappa shape index (κ1) is 35.5. The number of nitrogens with zero attached hydrogens (tertiary/aromatic N) is 1. The molecule has 1 heterocycles. The van der Waals surface area contributed by atoms with Crippen molar-refractivity contribution < 1.29 is 4.42 Å². The summed E-state index contributed by atoms with van der Waals surface area (Å²) in [6, 6.07) is 86.7. The Morgan fingerprint density at radius 1 is 0.302 bits per heavy atom. The van der Waals surface area contributed by atoms with Crippen molar-refractivity contribution in [1.29, 1.82) is 0 Å². The van der Waals surface area contributed by atoms with E-state index in [-0.39, 0.29) is 0 Å². The van der Waals surface area contributed by atoms with Crippen molar-refractivity contribution in [3.63, 3.8) is 0 Å². The molecule has 11 aromatic rings. The third-order valence-corrected chi connectivity index (χ3v) is 13.5. The molecule has 2 aliphatic rings. The average Bonchev–Trinajstić information content (AvgIpc) is 3.98. The van der Waals surface area contributed by atoms with E-state index in [9.17, 15) is 0 Å². The Balaban J connectivity index is 1.14. The zero-order valence-electron chi connectivity index (χ0n) is 34.4. The van der Waals surface area contributed by atoms with E-state index in [4.69, 9.17) is 4.42 Å². The van der Waals surface area contributed by atoms with E-state index in [2.05, 4.69) is 235 Å². The molecule has 1 spiro atoms. The first-order chi connectivity index (χ1) is 31.3. The molecular weight excluding hydrogens is 763 g/mol. The first-order valence-electron chi connectivity index (χ1n) is 21.8. The van der Waals surface area contributed by atoms with Gasteiger partial charge in [-0.25, -0.2) is 0 Å². The number of para-hydroxylation sites is 1. The molecule has 0 unspecified atom stereocenters. The molecule has 0 bridgehead atoms. The number of rotatable bonds is 6. The summed E-state index contributed by atoms with van der Waals surface area (Å²) >= 11 is 0. The van der Waals surface area contributed by atoms with Gasteiger partial charge in [-0.15, -0.1) is 0 Å². The summed E-state index contributed by atoms with van der Waals surface area (Å²) in [5, 5.41) is 2.19. The quantitative estimate of drug-likeness (QED) is 0.167. The smallest absolute Gasteiger partial charge is 0.135 e. The van der Waals surface area contributed by atoms with Crippen LogP contribution in [0.25, 0.3) is 77.6 Å². The van der Waals surface area contributed by atoms with Gasteiger partial charge < -0.3 is 9.32 Å². The first-order valence-corrected chi connectivity index (χ1v) is 21.8. The highest BCUT2D eigenvalue weighted by molar-refractivity contribution is 6.08. The third kappa shape index (κ3) is 5.19. The van der Waals surface area contributed by atoms with Crippen molar-refractivity contribution >= 4 is 39.0 Å².